The molecule has 2 aliphatic rings. The SMILES string of the molecule is Cc1ccccc1[C@@H]1CN(CC2CCOCC2)CCN1. The molecule has 2 heterocycles. The van der Waals surface area contributed by atoms with Crippen LogP contribution in [0.3, 0.4) is 0 Å². The quantitative estimate of drug-likeness (QED) is 0.916. The van der Waals surface area contributed by atoms with E-state index in [9.17, 15) is 0 Å². The molecule has 3 rings (SSSR count). The van der Waals surface area contributed by atoms with Gasteiger partial charge in [-0.3, -0.25) is 4.90 Å². The number of ether oxygens (including phenoxy) is 1. The highest BCUT2D eigenvalue weighted by Gasteiger charge is 2.24. The summed E-state index contributed by atoms with van der Waals surface area (Å²) < 4.78 is 5.46. The van der Waals surface area contributed by atoms with Crippen molar-refractivity contribution in [2.45, 2.75) is 25.8 Å². The minimum absolute atomic E-state index is 0.491. The van der Waals surface area contributed by atoms with Gasteiger partial charge in [-0.05, 0) is 36.8 Å². The standard InChI is InChI=1S/C17H26N2O/c1-14-4-2-3-5-16(14)17-13-19(9-8-18-17)12-15-6-10-20-11-7-15/h2-5,15,17-18H,6-13H2,1H3/t17-/m0/s1. The Kier molecular flexibility index (Phi) is 4.71. The Labute approximate surface area is 122 Å². The number of aryl methyl sites for hydroxylation is 1. The van der Waals surface area contributed by atoms with Crippen LogP contribution in [0.15, 0.2) is 24.3 Å². The number of hydrogen-bond acceptors (Lipinski definition) is 3. The molecule has 0 spiro atoms. The van der Waals surface area contributed by atoms with Gasteiger partial charge in [0.2, 0.25) is 0 Å². The average molecular weight is 274 g/mol. The van der Waals surface area contributed by atoms with Crippen molar-refractivity contribution in [3.8, 4) is 0 Å². The second-order valence-electron chi connectivity index (χ2n) is 6.18. The first-order chi connectivity index (χ1) is 9.83. The van der Waals surface area contributed by atoms with Gasteiger partial charge in [0.05, 0.1) is 0 Å². The predicted octanol–water partition coefficient (Wildman–Crippen LogP) is 2.37. The van der Waals surface area contributed by atoms with Crippen molar-refractivity contribution >= 4 is 0 Å². The number of nitrogens with one attached hydrogen (secondary N) is 1. The Bertz CT molecular complexity index is 429. The van der Waals surface area contributed by atoms with Crippen molar-refractivity contribution in [2.24, 2.45) is 5.92 Å². The second-order valence-corrected chi connectivity index (χ2v) is 6.18. The van der Waals surface area contributed by atoms with E-state index in [1.165, 1.54) is 37.1 Å². The van der Waals surface area contributed by atoms with Crippen molar-refractivity contribution < 1.29 is 4.74 Å². The molecule has 0 radical (unpaired) electrons. The molecule has 3 heteroatoms. The van der Waals surface area contributed by atoms with E-state index in [0.29, 0.717) is 6.04 Å². The Hall–Kier alpha value is -0.900. The van der Waals surface area contributed by atoms with Crippen LogP contribution in [0, 0.1) is 12.8 Å². The maximum Gasteiger partial charge on any atom is 0.0469 e. The summed E-state index contributed by atoms with van der Waals surface area (Å²) in [7, 11) is 0. The van der Waals surface area contributed by atoms with Crippen molar-refractivity contribution in [2.75, 3.05) is 39.4 Å². The highest BCUT2D eigenvalue weighted by atomic mass is 16.5. The monoisotopic (exact) mass is 274 g/mol. The predicted molar refractivity (Wildman–Crippen MR) is 81.9 cm³/mol. The third kappa shape index (κ3) is 3.40. The van der Waals surface area contributed by atoms with E-state index in [1.807, 2.05) is 0 Å². The Balaban J connectivity index is 1.60. The highest BCUT2D eigenvalue weighted by molar-refractivity contribution is 5.29. The fraction of sp³-hybridized carbons (Fsp3) is 0.647. The molecule has 1 aromatic carbocycles. The van der Waals surface area contributed by atoms with Crippen molar-refractivity contribution in [3.63, 3.8) is 0 Å². The van der Waals surface area contributed by atoms with Crippen LogP contribution in [-0.2, 0) is 4.74 Å². The summed E-state index contributed by atoms with van der Waals surface area (Å²) in [6.07, 6.45) is 2.47. The maximum absolute atomic E-state index is 5.46. The molecule has 0 aromatic heterocycles. The highest BCUT2D eigenvalue weighted by Crippen LogP contribution is 2.23. The number of benzene rings is 1. The topological polar surface area (TPSA) is 24.5 Å². The molecular weight excluding hydrogens is 248 g/mol. The number of nitrogens with zero attached hydrogens (tertiary/aromatic N) is 1. The fourth-order valence-corrected chi connectivity index (χ4v) is 3.46. The van der Waals surface area contributed by atoms with E-state index in [4.69, 9.17) is 4.74 Å². The molecule has 1 atom stereocenters. The van der Waals surface area contributed by atoms with E-state index in [-0.39, 0.29) is 0 Å². The van der Waals surface area contributed by atoms with Crippen molar-refractivity contribution in [1.82, 2.24) is 10.2 Å². The lowest BCUT2D eigenvalue weighted by atomic mass is 9.96. The zero-order valence-electron chi connectivity index (χ0n) is 12.5. The van der Waals surface area contributed by atoms with Gasteiger partial charge >= 0.3 is 0 Å². The van der Waals surface area contributed by atoms with Gasteiger partial charge in [0.1, 0.15) is 0 Å². The molecule has 0 saturated carbocycles. The Morgan fingerprint density at radius 2 is 2.05 bits per heavy atom. The van der Waals surface area contributed by atoms with Gasteiger partial charge in [0.15, 0.2) is 0 Å². The summed E-state index contributed by atoms with van der Waals surface area (Å²) in [6.45, 7) is 8.79. The zero-order valence-corrected chi connectivity index (χ0v) is 12.5. The van der Waals surface area contributed by atoms with E-state index >= 15 is 0 Å². The van der Waals surface area contributed by atoms with E-state index in [1.54, 1.807) is 0 Å². The molecule has 0 amide bonds. The zero-order chi connectivity index (χ0) is 13.8. The molecule has 1 aromatic rings. The first-order valence-electron chi connectivity index (χ1n) is 7.92. The van der Waals surface area contributed by atoms with Crippen molar-refractivity contribution in [1.29, 1.82) is 0 Å². The van der Waals surface area contributed by atoms with E-state index in [2.05, 4.69) is 41.4 Å². The molecule has 1 N–H and O–H groups in total. The van der Waals surface area contributed by atoms with Crippen molar-refractivity contribution in [3.05, 3.63) is 35.4 Å². The molecule has 0 aliphatic carbocycles. The lowest BCUT2D eigenvalue weighted by Gasteiger charge is -2.37. The summed E-state index contributed by atoms with van der Waals surface area (Å²) in [4.78, 5) is 2.64. The average Bonchev–Trinajstić information content (AvgIpc) is 2.49. The Morgan fingerprint density at radius 1 is 1.25 bits per heavy atom. The molecule has 2 fully saturated rings. The smallest absolute Gasteiger partial charge is 0.0469 e. The number of rotatable bonds is 3. The summed E-state index contributed by atoms with van der Waals surface area (Å²) >= 11 is 0. The van der Waals surface area contributed by atoms with Crippen LogP contribution >= 0.6 is 0 Å². The van der Waals surface area contributed by atoms with Crippen LogP contribution in [0.4, 0.5) is 0 Å². The summed E-state index contributed by atoms with van der Waals surface area (Å²) in [5, 5.41) is 3.68. The normalized spacial score (nSPS) is 25.8. The van der Waals surface area contributed by atoms with Gasteiger partial charge in [0.25, 0.3) is 0 Å². The maximum atomic E-state index is 5.46. The summed E-state index contributed by atoms with van der Waals surface area (Å²) in [5.74, 6) is 0.833. The van der Waals surface area contributed by atoms with E-state index < -0.39 is 0 Å². The van der Waals surface area contributed by atoms with Crippen LogP contribution in [0.1, 0.15) is 30.0 Å². The molecule has 2 saturated heterocycles. The summed E-state index contributed by atoms with van der Waals surface area (Å²) in [5.41, 5.74) is 2.86. The lowest BCUT2D eigenvalue weighted by Crippen LogP contribution is -2.47. The van der Waals surface area contributed by atoms with Crippen LogP contribution in [-0.4, -0.2) is 44.3 Å². The minimum atomic E-state index is 0.491. The molecule has 20 heavy (non-hydrogen) atoms. The Morgan fingerprint density at radius 3 is 2.85 bits per heavy atom. The van der Waals surface area contributed by atoms with Gasteiger partial charge in [-0.2, -0.15) is 0 Å². The van der Waals surface area contributed by atoms with Gasteiger partial charge < -0.3 is 10.1 Å². The van der Waals surface area contributed by atoms with Crippen LogP contribution < -0.4 is 5.32 Å². The third-order valence-corrected chi connectivity index (χ3v) is 4.68. The van der Waals surface area contributed by atoms with Crippen LogP contribution in [0.25, 0.3) is 0 Å². The van der Waals surface area contributed by atoms with Crippen LogP contribution in [0.5, 0.6) is 0 Å². The molecule has 0 unspecified atom stereocenters. The lowest BCUT2D eigenvalue weighted by molar-refractivity contribution is 0.0479. The molecule has 110 valence electrons. The second kappa shape index (κ2) is 6.70. The summed E-state index contributed by atoms with van der Waals surface area (Å²) in [6, 6.07) is 9.26. The first-order valence-corrected chi connectivity index (χ1v) is 7.92. The third-order valence-electron chi connectivity index (χ3n) is 4.68. The first kappa shape index (κ1) is 14.1. The molecule has 3 nitrogen and oxygen atoms in total. The minimum Gasteiger partial charge on any atom is -0.381 e. The fourth-order valence-electron chi connectivity index (χ4n) is 3.46. The van der Waals surface area contributed by atoms with Crippen LogP contribution in [0.2, 0.25) is 0 Å². The largest absolute Gasteiger partial charge is 0.381 e. The van der Waals surface area contributed by atoms with Gasteiger partial charge in [-0.25, -0.2) is 0 Å². The molecular formula is C17H26N2O. The van der Waals surface area contributed by atoms with Gasteiger partial charge in [-0.15, -0.1) is 0 Å². The van der Waals surface area contributed by atoms with E-state index in [0.717, 1.165) is 32.2 Å². The number of piperazine rings is 1. The molecule has 0 bridgehead atoms. The molecule has 2 aliphatic heterocycles. The van der Waals surface area contributed by atoms with Gasteiger partial charge in [-0.1, -0.05) is 24.3 Å². The van der Waals surface area contributed by atoms with Gasteiger partial charge in [0, 0.05) is 45.4 Å². The number of hydrogen-bond donors (Lipinski definition) is 1.